The Morgan fingerprint density at radius 3 is 2.54 bits per heavy atom. The Kier molecular flexibility index (Phi) is 9.07. The van der Waals surface area contributed by atoms with Crippen LogP contribution in [-0.2, 0) is 14.4 Å². The van der Waals surface area contributed by atoms with E-state index in [9.17, 15) is 19.2 Å². The molecule has 2 heterocycles. The van der Waals surface area contributed by atoms with Crippen molar-refractivity contribution in [2.24, 2.45) is 11.8 Å². The fourth-order valence-electron chi connectivity index (χ4n) is 4.26. The largest absolute Gasteiger partial charge is 0.451 e. The molecule has 2 aromatic rings. The number of carbonyl (C=O) groups excluding carboxylic acids is 4. The molecule has 8 heteroatoms. The van der Waals surface area contributed by atoms with Crippen molar-refractivity contribution in [2.75, 3.05) is 13.1 Å². The zero-order valence-electron chi connectivity index (χ0n) is 21.1. The summed E-state index contributed by atoms with van der Waals surface area (Å²) in [4.78, 5) is 53.0. The number of para-hydroxylation sites is 1. The average molecular weight is 484 g/mol. The predicted octanol–water partition coefficient (Wildman–Crippen LogP) is 3.69. The van der Waals surface area contributed by atoms with Gasteiger partial charge in [-0.15, -0.1) is 0 Å². The van der Waals surface area contributed by atoms with Gasteiger partial charge in [0.15, 0.2) is 11.5 Å². The molecule has 0 saturated carbocycles. The minimum absolute atomic E-state index is 0.00205. The molecule has 0 bridgehead atoms. The fraction of sp³-hybridized carbons (Fsp3) is 0.556. The van der Waals surface area contributed by atoms with E-state index in [1.807, 2.05) is 32.0 Å². The fourth-order valence-corrected chi connectivity index (χ4v) is 4.26. The first-order valence-corrected chi connectivity index (χ1v) is 12.5. The summed E-state index contributed by atoms with van der Waals surface area (Å²) in [5.74, 6) is -0.386. The van der Waals surface area contributed by atoms with E-state index in [0.717, 1.165) is 11.8 Å². The number of furan rings is 1. The molecular formula is C27H37N3O5. The summed E-state index contributed by atoms with van der Waals surface area (Å²) < 4.78 is 5.63. The van der Waals surface area contributed by atoms with Crippen molar-refractivity contribution in [1.82, 2.24) is 15.5 Å². The number of likely N-dealkylation sites (tertiary alicyclic amines) is 1. The highest BCUT2D eigenvalue weighted by Gasteiger charge is 2.31. The van der Waals surface area contributed by atoms with Crippen molar-refractivity contribution in [3.63, 3.8) is 0 Å². The van der Waals surface area contributed by atoms with Gasteiger partial charge in [-0.3, -0.25) is 19.2 Å². The zero-order valence-corrected chi connectivity index (χ0v) is 21.1. The van der Waals surface area contributed by atoms with Gasteiger partial charge in [-0.25, -0.2) is 0 Å². The van der Waals surface area contributed by atoms with Crippen LogP contribution in [0.2, 0.25) is 0 Å². The summed E-state index contributed by atoms with van der Waals surface area (Å²) in [5.41, 5.74) is 0.596. The van der Waals surface area contributed by atoms with Crippen LogP contribution >= 0.6 is 0 Å². The standard InChI is InChI=1S/C27H37N3O5/c1-17(2)11-12-25(32)30-13-7-9-20(22(31)16-30)28-26(33)21(14-18(3)4)29-27(34)24-15-19-8-5-6-10-23(19)35-24/h5-6,8,10,15,17-18,20-21H,7,9,11-14,16H2,1-4H3,(H,28,33)(H,29,34)/t20-,21?/m0/s1. The van der Waals surface area contributed by atoms with Crippen molar-refractivity contribution >= 4 is 34.5 Å². The van der Waals surface area contributed by atoms with Crippen molar-refractivity contribution in [3.8, 4) is 0 Å². The van der Waals surface area contributed by atoms with Crippen LogP contribution in [0.15, 0.2) is 34.7 Å². The first kappa shape index (κ1) is 26.4. The van der Waals surface area contributed by atoms with Gasteiger partial charge in [0.1, 0.15) is 11.6 Å². The lowest BCUT2D eigenvalue weighted by atomic mass is 10.0. The molecule has 8 nitrogen and oxygen atoms in total. The Labute approximate surface area is 206 Å². The van der Waals surface area contributed by atoms with E-state index in [1.165, 1.54) is 0 Å². The Morgan fingerprint density at radius 1 is 1.11 bits per heavy atom. The first-order valence-electron chi connectivity index (χ1n) is 12.5. The second-order valence-electron chi connectivity index (χ2n) is 10.2. The summed E-state index contributed by atoms with van der Waals surface area (Å²) in [6.07, 6.45) is 2.71. The van der Waals surface area contributed by atoms with Crippen LogP contribution in [0.5, 0.6) is 0 Å². The summed E-state index contributed by atoms with van der Waals surface area (Å²) >= 11 is 0. The van der Waals surface area contributed by atoms with Gasteiger partial charge in [0, 0.05) is 18.4 Å². The van der Waals surface area contributed by atoms with Crippen molar-refractivity contribution < 1.29 is 23.6 Å². The number of nitrogens with zero attached hydrogens (tertiary/aromatic N) is 1. The van der Waals surface area contributed by atoms with Crippen LogP contribution in [0.25, 0.3) is 11.0 Å². The van der Waals surface area contributed by atoms with E-state index in [0.29, 0.717) is 43.7 Å². The maximum atomic E-state index is 13.1. The summed E-state index contributed by atoms with van der Waals surface area (Å²) in [6, 6.07) is 7.47. The molecule has 3 rings (SSSR count). The van der Waals surface area contributed by atoms with Crippen LogP contribution in [0.3, 0.4) is 0 Å². The minimum Gasteiger partial charge on any atom is -0.451 e. The number of rotatable bonds is 9. The van der Waals surface area contributed by atoms with Crippen LogP contribution in [-0.4, -0.2) is 53.6 Å². The zero-order chi connectivity index (χ0) is 25.5. The summed E-state index contributed by atoms with van der Waals surface area (Å²) in [5, 5.41) is 6.42. The molecule has 1 aromatic heterocycles. The molecule has 1 aliphatic rings. The molecule has 0 radical (unpaired) electrons. The van der Waals surface area contributed by atoms with Crippen LogP contribution < -0.4 is 10.6 Å². The van der Waals surface area contributed by atoms with Crippen molar-refractivity contribution in [3.05, 3.63) is 36.1 Å². The molecule has 190 valence electrons. The van der Waals surface area contributed by atoms with Gasteiger partial charge >= 0.3 is 0 Å². The number of nitrogens with one attached hydrogen (secondary N) is 2. The predicted molar refractivity (Wildman–Crippen MR) is 134 cm³/mol. The van der Waals surface area contributed by atoms with Gasteiger partial charge in [0.05, 0.1) is 12.6 Å². The average Bonchev–Trinajstić information content (AvgIpc) is 3.16. The maximum absolute atomic E-state index is 13.1. The lowest BCUT2D eigenvalue weighted by Crippen LogP contribution is -2.52. The number of benzene rings is 1. The van der Waals surface area contributed by atoms with E-state index >= 15 is 0 Å². The third kappa shape index (κ3) is 7.41. The van der Waals surface area contributed by atoms with Crippen LogP contribution in [0.1, 0.15) is 70.4 Å². The molecule has 2 N–H and O–H groups in total. The molecule has 0 spiro atoms. The van der Waals surface area contributed by atoms with E-state index in [2.05, 4.69) is 24.5 Å². The first-order chi connectivity index (χ1) is 16.6. The highest BCUT2D eigenvalue weighted by molar-refractivity contribution is 5.99. The lowest BCUT2D eigenvalue weighted by Gasteiger charge is -2.23. The van der Waals surface area contributed by atoms with Crippen LogP contribution in [0.4, 0.5) is 0 Å². The minimum atomic E-state index is -0.810. The maximum Gasteiger partial charge on any atom is 0.287 e. The van der Waals surface area contributed by atoms with Gasteiger partial charge < -0.3 is 20.0 Å². The molecule has 3 amide bonds. The Bertz CT molecular complexity index is 1030. The smallest absolute Gasteiger partial charge is 0.287 e. The highest BCUT2D eigenvalue weighted by Crippen LogP contribution is 2.19. The normalized spacial score (nSPS) is 17.5. The third-order valence-electron chi connectivity index (χ3n) is 6.24. The molecule has 1 unspecified atom stereocenters. The molecule has 1 fully saturated rings. The second kappa shape index (κ2) is 12.0. The Balaban J connectivity index is 1.63. The molecule has 35 heavy (non-hydrogen) atoms. The quantitative estimate of drug-likeness (QED) is 0.565. The van der Waals surface area contributed by atoms with E-state index < -0.39 is 23.9 Å². The highest BCUT2D eigenvalue weighted by atomic mass is 16.3. The van der Waals surface area contributed by atoms with Gasteiger partial charge in [-0.2, -0.15) is 0 Å². The number of carbonyl (C=O) groups is 4. The molecule has 2 atom stereocenters. The lowest BCUT2D eigenvalue weighted by molar-refractivity contribution is -0.135. The second-order valence-corrected chi connectivity index (χ2v) is 10.2. The topological polar surface area (TPSA) is 109 Å². The van der Waals surface area contributed by atoms with Gasteiger partial charge in [0.2, 0.25) is 11.8 Å². The van der Waals surface area contributed by atoms with Gasteiger partial charge in [-0.05, 0) is 49.7 Å². The van der Waals surface area contributed by atoms with Crippen molar-refractivity contribution in [2.45, 2.75) is 71.9 Å². The number of ketones is 1. The number of hydrogen-bond acceptors (Lipinski definition) is 5. The number of fused-ring (bicyclic) bond motifs is 1. The number of hydrogen-bond donors (Lipinski definition) is 2. The monoisotopic (exact) mass is 483 g/mol. The van der Waals surface area contributed by atoms with Gasteiger partial charge in [-0.1, -0.05) is 45.9 Å². The molecule has 1 aromatic carbocycles. The molecular weight excluding hydrogens is 446 g/mol. The van der Waals surface area contributed by atoms with Gasteiger partial charge in [0.25, 0.3) is 5.91 Å². The summed E-state index contributed by atoms with van der Waals surface area (Å²) in [6.45, 7) is 8.56. The SMILES string of the molecule is CC(C)CCC(=O)N1CCC[C@H](NC(=O)C(CC(C)C)NC(=O)c2cc3ccccc3o2)C(=O)C1. The van der Waals surface area contributed by atoms with Crippen molar-refractivity contribution in [1.29, 1.82) is 0 Å². The summed E-state index contributed by atoms with van der Waals surface area (Å²) in [7, 11) is 0. The molecule has 0 aliphatic carbocycles. The number of amides is 3. The molecule has 1 saturated heterocycles. The van der Waals surface area contributed by atoms with E-state index in [1.54, 1.807) is 17.0 Å². The Hall–Kier alpha value is -3.16. The van der Waals surface area contributed by atoms with Crippen LogP contribution in [0, 0.1) is 11.8 Å². The number of Topliss-reactive ketones (excluding diaryl/α,β-unsaturated/α-hetero) is 1. The third-order valence-corrected chi connectivity index (χ3v) is 6.24. The van der Waals surface area contributed by atoms with E-state index in [-0.39, 0.29) is 29.9 Å². The Morgan fingerprint density at radius 2 is 1.86 bits per heavy atom. The van der Waals surface area contributed by atoms with E-state index in [4.69, 9.17) is 4.42 Å². The molecule has 1 aliphatic heterocycles.